The summed E-state index contributed by atoms with van der Waals surface area (Å²) in [5.41, 5.74) is 2.62. The van der Waals surface area contributed by atoms with E-state index in [1.54, 1.807) is 26.2 Å². The minimum Gasteiger partial charge on any atom is -0.497 e. The number of nitrogens with zero attached hydrogens (tertiary/aromatic N) is 2. The number of rotatable bonds is 6. The molecule has 0 aliphatic carbocycles. The largest absolute Gasteiger partial charge is 0.497 e. The van der Waals surface area contributed by atoms with Crippen LogP contribution >= 0.6 is 11.8 Å². The summed E-state index contributed by atoms with van der Waals surface area (Å²) in [5, 5.41) is 3.26. The lowest BCUT2D eigenvalue weighted by molar-refractivity contribution is -0.122. The van der Waals surface area contributed by atoms with Crippen LogP contribution in [-0.2, 0) is 4.79 Å². The number of nitrogens with one attached hydrogen (secondary N) is 1. The molecule has 1 fully saturated rings. The second kappa shape index (κ2) is 9.23. The number of pyridine rings is 1. The highest BCUT2D eigenvalue weighted by Crippen LogP contribution is 2.31. The maximum absolute atomic E-state index is 12.7. The standard InChI is InChI=1S/C24H21N3O4S/c1-15-19(13-17-8-9-18(31-2)14-20(17)26-15)22(28)25-10-11-27-23(29)21(32-24(27)30)12-16-6-4-3-5-7-16/h3-9,12-14H,10-11H2,1-2H3,(H,25,28)/b21-12-. The van der Waals surface area contributed by atoms with Crippen LogP contribution in [-0.4, -0.2) is 47.1 Å². The summed E-state index contributed by atoms with van der Waals surface area (Å²) in [6, 6.07) is 16.6. The van der Waals surface area contributed by atoms with E-state index in [2.05, 4.69) is 10.3 Å². The quantitative estimate of drug-likeness (QED) is 0.574. The van der Waals surface area contributed by atoms with Gasteiger partial charge in [0.25, 0.3) is 17.1 Å². The maximum Gasteiger partial charge on any atom is 0.293 e. The Labute approximate surface area is 189 Å². The smallest absolute Gasteiger partial charge is 0.293 e. The number of aromatic nitrogens is 1. The number of carbonyl (C=O) groups is 3. The number of methoxy groups -OCH3 is 1. The third-order valence-electron chi connectivity index (χ3n) is 5.05. The molecular formula is C24H21N3O4S. The van der Waals surface area contributed by atoms with Gasteiger partial charge in [-0.25, -0.2) is 0 Å². The van der Waals surface area contributed by atoms with Crippen LogP contribution in [0.2, 0.25) is 0 Å². The molecule has 0 atom stereocenters. The van der Waals surface area contributed by atoms with Crippen LogP contribution < -0.4 is 10.1 Å². The zero-order valence-corrected chi connectivity index (χ0v) is 18.4. The summed E-state index contributed by atoms with van der Waals surface area (Å²) < 4.78 is 5.22. The minimum absolute atomic E-state index is 0.0970. The zero-order valence-electron chi connectivity index (χ0n) is 17.6. The van der Waals surface area contributed by atoms with Gasteiger partial charge < -0.3 is 10.1 Å². The first-order valence-electron chi connectivity index (χ1n) is 10.0. The van der Waals surface area contributed by atoms with E-state index in [4.69, 9.17) is 4.74 Å². The van der Waals surface area contributed by atoms with Gasteiger partial charge in [-0.05, 0) is 48.5 Å². The Balaban J connectivity index is 1.40. The van der Waals surface area contributed by atoms with Crippen LogP contribution in [0.4, 0.5) is 4.79 Å². The Morgan fingerprint density at radius 2 is 1.94 bits per heavy atom. The molecule has 2 aromatic carbocycles. The Morgan fingerprint density at radius 3 is 2.69 bits per heavy atom. The highest BCUT2D eigenvalue weighted by molar-refractivity contribution is 8.18. The van der Waals surface area contributed by atoms with Crippen LogP contribution in [0.15, 0.2) is 59.5 Å². The number of amides is 3. The van der Waals surface area contributed by atoms with Crippen molar-refractivity contribution in [2.24, 2.45) is 0 Å². The molecule has 1 saturated heterocycles. The van der Waals surface area contributed by atoms with Crippen molar-refractivity contribution in [1.29, 1.82) is 0 Å². The average molecular weight is 448 g/mol. The highest BCUT2D eigenvalue weighted by Gasteiger charge is 2.34. The Morgan fingerprint density at radius 1 is 1.16 bits per heavy atom. The summed E-state index contributed by atoms with van der Waals surface area (Å²) in [7, 11) is 1.59. The molecule has 0 bridgehead atoms. The van der Waals surface area contributed by atoms with Gasteiger partial charge in [0, 0.05) is 24.5 Å². The fourth-order valence-electron chi connectivity index (χ4n) is 3.37. The van der Waals surface area contributed by atoms with Gasteiger partial charge in [0.2, 0.25) is 0 Å². The van der Waals surface area contributed by atoms with Crippen LogP contribution in [0.25, 0.3) is 17.0 Å². The molecule has 0 radical (unpaired) electrons. The van der Waals surface area contributed by atoms with E-state index in [9.17, 15) is 14.4 Å². The number of fused-ring (bicyclic) bond motifs is 1. The van der Waals surface area contributed by atoms with Crippen LogP contribution in [0.3, 0.4) is 0 Å². The molecule has 3 aromatic rings. The number of ether oxygens (including phenoxy) is 1. The van der Waals surface area contributed by atoms with Crippen molar-refractivity contribution in [3.05, 3.63) is 76.3 Å². The molecule has 3 amide bonds. The lowest BCUT2D eigenvalue weighted by atomic mass is 10.1. The van der Waals surface area contributed by atoms with Gasteiger partial charge in [0.05, 0.1) is 28.8 Å². The van der Waals surface area contributed by atoms with Crippen LogP contribution in [0, 0.1) is 6.92 Å². The lowest BCUT2D eigenvalue weighted by Gasteiger charge is -2.14. The fraction of sp³-hybridized carbons (Fsp3) is 0.167. The monoisotopic (exact) mass is 447 g/mol. The van der Waals surface area contributed by atoms with Gasteiger partial charge in [0.15, 0.2) is 0 Å². The van der Waals surface area contributed by atoms with Crippen molar-refractivity contribution in [3.63, 3.8) is 0 Å². The van der Waals surface area contributed by atoms with E-state index in [1.807, 2.05) is 48.5 Å². The van der Waals surface area contributed by atoms with E-state index >= 15 is 0 Å². The van der Waals surface area contributed by atoms with Crippen molar-refractivity contribution in [1.82, 2.24) is 15.2 Å². The second-order valence-corrected chi connectivity index (χ2v) is 8.17. The molecule has 1 aliphatic heterocycles. The number of carbonyl (C=O) groups excluding carboxylic acids is 3. The van der Waals surface area contributed by atoms with Gasteiger partial charge in [-0.3, -0.25) is 24.3 Å². The molecule has 8 heteroatoms. The molecule has 0 spiro atoms. The number of hydrogen-bond acceptors (Lipinski definition) is 6. The Kier molecular flexibility index (Phi) is 6.23. The van der Waals surface area contributed by atoms with E-state index in [-0.39, 0.29) is 30.1 Å². The predicted molar refractivity (Wildman–Crippen MR) is 124 cm³/mol. The van der Waals surface area contributed by atoms with Gasteiger partial charge in [-0.15, -0.1) is 0 Å². The van der Waals surface area contributed by atoms with E-state index in [0.29, 0.717) is 21.9 Å². The second-order valence-electron chi connectivity index (χ2n) is 7.18. The van der Waals surface area contributed by atoms with Crippen molar-refractivity contribution in [2.75, 3.05) is 20.2 Å². The van der Waals surface area contributed by atoms with Crippen molar-refractivity contribution in [3.8, 4) is 5.75 Å². The molecule has 0 unspecified atom stereocenters. The summed E-state index contributed by atoms with van der Waals surface area (Å²) in [5.74, 6) is 0.0372. The number of aryl methyl sites for hydroxylation is 1. The van der Waals surface area contributed by atoms with Gasteiger partial charge in [-0.1, -0.05) is 30.3 Å². The van der Waals surface area contributed by atoms with Gasteiger partial charge >= 0.3 is 0 Å². The van der Waals surface area contributed by atoms with Crippen molar-refractivity contribution in [2.45, 2.75) is 6.92 Å². The maximum atomic E-state index is 12.7. The third-order valence-corrected chi connectivity index (χ3v) is 5.96. The van der Waals surface area contributed by atoms with Crippen LogP contribution in [0.1, 0.15) is 21.6 Å². The number of thioether (sulfide) groups is 1. The zero-order chi connectivity index (χ0) is 22.7. The molecule has 1 aliphatic rings. The Bertz CT molecular complexity index is 1240. The minimum atomic E-state index is -0.351. The molecule has 32 heavy (non-hydrogen) atoms. The first kappa shape index (κ1) is 21.6. The molecule has 1 N–H and O–H groups in total. The van der Waals surface area contributed by atoms with Crippen molar-refractivity contribution < 1.29 is 19.1 Å². The average Bonchev–Trinajstić information content (AvgIpc) is 3.06. The lowest BCUT2D eigenvalue weighted by Crippen LogP contribution is -2.37. The summed E-state index contributed by atoms with van der Waals surface area (Å²) >= 11 is 0.904. The van der Waals surface area contributed by atoms with Gasteiger partial charge in [-0.2, -0.15) is 0 Å². The first-order valence-corrected chi connectivity index (χ1v) is 10.8. The summed E-state index contributed by atoms with van der Waals surface area (Å²) in [4.78, 5) is 43.6. The van der Waals surface area contributed by atoms with E-state index in [0.717, 1.165) is 33.1 Å². The number of imide groups is 1. The molecule has 4 rings (SSSR count). The molecule has 0 saturated carbocycles. The summed E-state index contributed by atoms with van der Waals surface area (Å²) in [6.07, 6.45) is 1.70. The number of hydrogen-bond donors (Lipinski definition) is 1. The Hall–Kier alpha value is -3.65. The van der Waals surface area contributed by atoms with Crippen LogP contribution in [0.5, 0.6) is 5.75 Å². The first-order chi connectivity index (χ1) is 15.5. The SMILES string of the molecule is COc1ccc2cc(C(=O)NCCN3C(=O)S/C(=C\c4ccccc4)C3=O)c(C)nc2c1. The number of benzene rings is 2. The van der Waals surface area contributed by atoms with E-state index in [1.165, 1.54) is 0 Å². The van der Waals surface area contributed by atoms with Gasteiger partial charge in [0.1, 0.15) is 5.75 Å². The fourth-order valence-corrected chi connectivity index (χ4v) is 4.23. The molecule has 1 aromatic heterocycles. The summed E-state index contributed by atoms with van der Waals surface area (Å²) in [6.45, 7) is 2.01. The predicted octanol–water partition coefficient (Wildman–Crippen LogP) is 4.02. The molecular weight excluding hydrogens is 426 g/mol. The normalized spacial score (nSPS) is 14.9. The highest BCUT2D eigenvalue weighted by atomic mass is 32.2. The van der Waals surface area contributed by atoms with E-state index < -0.39 is 0 Å². The molecule has 2 heterocycles. The molecule has 162 valence electrons. The topological polar surface area (TPSA) is 88.6 Å². The third kappa shape index (κ3) is 4.50. The molecule has 7 nitrogen and oxygen atoms in total. The van der Waals surface area contributed by atoms with Crippen molar-refractivity contribution >= 4 is 45.8 Å².